The Hall–Kier alpha value is -1.79. The SMILES string of the molecule is CC(C)(C)OC(N)=O.CCOC(=O)C1CC2(CC2)C2C(C(=O)OCC)C12. The standard InChI is InChI=1S/C14H20O4.C5H11NO2/c1-3-17-12(15)8-7-14(5-6-14)11-9(8)10(11)13(16)18-4-2;1-5(2,3)8-4(6)7/h8-11H,3-7H2,1-2H3;1-3H3,(H2,6,7). The van der Waals surface area contributed by atoms with Crippen LogP contribution in [0.15, 0.2) is 0 Å². The molecule has 0 aromatic rings. The zero-order valence-corrected chi connectivity index (χ0v) is 16.4. The predicted molar refractivity (Wildman–Crippen MR) is 93.9 cm³/mol. The molecule has 7 heteroatoms. The highest BCUT2D eigenvalue weighted by atomic mass is 16.6. The molecule has 3 fully saturated rings. The molecule has 1 amide bonds. The predicted octanol–water partition coefficient (Wildman–Crippen LogP) is 2.66. The molecule has 4 unspecified atom stereocenters. The molecule has 0 aliphatic heterocycles. The molecule has 3 rings (SSSR count). The topological polar surface area (TPSA) is 105 Å². The van der Waals surface area contributed by atoms with E-state index in [1.54, 1.807) is 20.8 Å². The minimum Gasteiger partial charge on any atom is -0.466 e. The third-order valence-corrected chi connectivity index (χ3v) is 5.32. The summed E-state index contributed by atoms with van der Waals surface area (Å²) >= 11 is 0. The molecule has 0 bridgehead atoms. The van der Waals surface area contributed by atoms with Gasteiger partial charge in [0.1, 0.15) is 5.60 Å². The summed E-state index contributed by atoms with van der Waals surface area (Å²) < 4.78 is 14.8. The van der Waals surface area contributed by atoms with Gasteiger partial charge in [0.15, 0.2) is 0 Å². The zero-order chi connectivity index (χ0) is 19.7. The van der Waals surface area contributed by atoms with Gasteiger partial charge in [-0.05, 0) is 71.1 Å². The Kier molecular flexibility index (Phi) is 5.88. The molecule has 3 aliphatic rings. The van der Waals surface area contributed by atoms with Crippen molar-refractivity contribution in [1.29, 1.82) is 0 Å². The summed E-state index contributed by atoms with van der Waals surface area (Å²) in [5.41, 5.74) is 4.54. The minimum absolute atomic E-state index is 0.0318. The number of fused-ring (bicyclic) bond motifs is 2. The Labute approximate surface area is 154 Å². The maximum Gasteiger partial charge on any atom is 0.405 e. The van der Waals surface area contributed by atoms with Gasteiger partial charge in [-0.1, -0.05) is 0 Å². The third kappa shape index (κ3) is 4.48. The second-order valence-electron chi connectivity index (χ2n) is 8.34. The van der Waals surface area contributed by atoms with Crippen molar-refractivity contribution in [3.8, 4) is 0 Å². The highest BCUT2D eigenvalue weighted by molar-refractivity contribution is 5.82. The van der Waals surface area contributed by atoms with E-state index in [1.165, 1.54) is 12.8 Å². The molecule has 0 radical (unpaired) electrons. The Balaban J connectivity index is 0.000000260. The van der Waals surface area contributed by atoms with Gasteiger partial charge in [0.05, 0.1) is 25.0 Å². The molecular formula is C19H31NO6. The lowest BCUT2D eigenvalue weighted by Crippen LogP contribution is -2.27. The van der Waals surface area contributed by atoms with Crippen LogP contribution in [0.2, 0.25) is 0 Å². The van der Waals surface area contributed by atoms with E-state index in [0.29, 0.717) is 19.1 Å². The normalized spacial score (nSPS) is 29.7. The van der Waals surface area contributed by atoms with E-state index in [1.807, 2.05) is 13.8 Å². The van der Waals surface area contributed by atoms with Gasteiger partial charge in [-0.2, -0.15) is 0 Å². The van der Waals surface area contributed by atoms with Gasteiger partial charge in [0, 0.05) is 0 Å². The minimum atomic E-state index is -0.725. The van der Waals surface area contributed by atoms with Crippen molar-refractivity contribution in [3.05, 3.63) is 0 Å². The summed E-state index contributed by atoms with van der Waals surface area (Å²) in [5.74, 6) is 0.287. The number of esters is 2. The number of carbonyl (C=O) groups is 3. The molecule has 2 N–H and O–H groups in total. The zero-order valence-electron chi connectivity index (χ0n) is 16.4. The number of primary amides is 1. The van der Waals surface area contributed by atoms with Crippen LogP contribution in [0.3, 0.4) is 0 Å². The largest absolute Gasteiger partial charge is 0.466 e. The highest BCUT2D eigenvalue weighted by Crippen LogP contribution is 2.77. The highest BCUT2D eigenvalue weighted by Gasteiger charge is 2.77. The summed E-state index contributed by atoms with van der Waals surface area (Å²) in [5, 5.41) is 0. The fraction of sp³-hybridized carbons (Fsp3) is 0.842. The van der Waals surface area contributed by atoms with E-state index in [-0.39, 0.29) is 35.1 Å². The van der Waals surface area contributed by atoms with Crippen LogP contribution in [-0.2, 0) is 23.8 Å². The second kappa shape index (κ2) is 7.45. The average Bonchev–Trinajstić information content (AvgIpc) is 3.35. The van der Waals surface area contributed by atoms with E-state index in [0.717, 1.165) is 6.42 Å². The van der Waals surface area contributed by atoms with Crippen molar-refractivity contribution < 1.29 is 28.6 Å². The van der Waals surface area contributed by atoms with E-state index >= 15 is 0 Å². The number of amides is 1. The second-order valence-corrected chi connectivity index (χ2v) is 8.34. The first-order chi connectivity index (χ1) is 12.1. The molecule has 0 saturated heterocycles. The first-order valence-corrected chi connectivity index (χ1v) is 9.38. The summed E-state index contributed by atoms with van der Waals surface area (Å²) in [6.07, 6.45) is 2.54. The lowest BCUT2D eigenvalue weighted by molar-refractivity contribution is -0.150. The Morgan fingerprint density at radius 1 is 1.04 bits per heavy atom. The number of hydrogen-bond donors (Lipinski definition) is 1. The molecule has 7 nitrogen and oxygen atoms in total. The number of rotatable bonds is 4. The van der Waals surface area contributed by atoms with Gasteiger partial charge >= 0.3 is 18.0 Å². The molecule has 4 atom stereocenters. The summed E-state index contributed by atoms with van der Waals surface area (Å²) in [6.45, 7) is 9.78. The van der Waals surface area contributed by atoms with Crippen molar-refractivity contribution in [2.45, 2.75) is 59.5 Å². The summed E-state index contributed by atoms with van der Waals surface area (Å²) in [6, 6.07) is 0. The van der Waals surface area contributed by atoms with Gasteiger partial charge in [0.2, 0.25) is 0 Å². The van der Waals surface area contributed by atoms with Crippen LogP contribution in [0.25, 0.3) is 0 Å². The number of hydrogen-bond acceptors (Lipinski definition) is 6. The van der Waals surface area contributed by atoms with Crippen LogP contribution in [0, 0.1) is 29.1 Å². The van der Waals surface area contributed by atoms with Gasteiger partial charge < -0.3 is 19.9 Å². The molecule has 0 heterocycles. The Bertz CT molecular complexity index is 563. The Morgan fingerprint density at radius 2 is 1.58 bits per heavy atom. The molecule has 0 aromatic heterocycles. The number of carbonyl (C=O) groups excluding carboxylic acids is 3. The van der Waals surface area contributed by atoms with E-state index in [4.69, 9.17) is 15.2 Å². The molecule has 26 heavy (non-hydrogen) atoms. The molecule has 3 aliphatic carbocycles. The van der Waals surface area contributed by atoms with Crippen LogP contribution in [0.4, 0.5) is 4.79 Å². The van der Waals surface area contributed by atoms with Gasteiger partial charge in [-0.15, -0.1) is 0 Å². The van der Waals surface area contributed by atoms with Crippen molar-refractivity contribution in [1.82, 2.24) is 0 Å². The molecule has 0 aromatic carbocycles. The number of nitrogens with two attached hydrogens (primary N) is 1. The van der Waals surface area contributed by atoms with Crippen molar-refractivity contribution in [3.63, 3.8) is 0 Å². The van der Waals surface area contributed by atoms with E-state index in [2.05, 4.69) is 4.74 Å². The van der Waals surface area contributed by atoms with Crippen molar-refractivity contribution in [2.75, 3.05) is 13.2 Å². The quantitative estimate of drug-likeness (QED) is 0.603. The van der Waals surface area contributed by atoms with Gasteiger partial charge in [-0.25, -0.2) is 4.79 Å². The van der Waals surface area contributed by atoms with Gasteiger partial charge in [0.25, 0.3) is 0 Å². The van der Waals surface area contributed by atoms with E-state index in [9.17, 15) is 14.4 Å². The lowest BCUT2D eigenvalue weighted by Gasteiger charge is -2.17. The maximum atomic E-state index is 11.9. The molecular weight excluding hydrogens is 338 g/mol. The van der Waals surface area contributed by atoms with Crippen LogP contribution >= 0.6 is 0 Å². The van der Waals surface area contributed by atoms with Crippen molar-refractivity contribution >= 4 is 18.0 Å². The third-order valence-electron chi connectivity index (χ3n) is 5.32. The molecule has 148 valence electrons. The lowest BCUT2D eigenvalue weighted by atomic mass is 9.91. The number of ether oxygens (including phenoxy) is 3. The molecule has 1 spiro atoms. The first kappa shape index (κ1) is 20.5. The fourth-order valence-corrected chi connectivity index (χ4v) is 4.37. The van der Waals surface area contributed by atoms with E-state index < -0.39 is 11.7 Å². The summed E-state index contributed by atoms with van der Waals surface area (Å²) in [7, 11) is 0. The van der Waals surface area contributed by atoms with Gasteiger partial charge in [-0.3, -0.25) is 9.59 Å². The van der Waals surface area contributed by atoms with Crippen LogP contribution in [-0.4, -0.2) is 36.8 Å². The van der Waals surface area contributed by atoms with Crippen LogP contribution in [0.1, 0.15) is 53.9 Å². The smallest absolute Gasteiger partial charge is 0.405 e. The van der Waals surface area contributed by atoms with Crippen molar-refractivity contribution in [2.24, 2.45) is 34.8 Å². The summed E-state index contributed by atoms with van der Waals surface area (Å²) in [4.78, 5) is 33.9. The monoisotopic (exact) mass is 369 g/mol. The van der Waals surface area contributed by atoms with Crippen LogP contribution < -0.4 is 5.73 Å². The first-order valence-electron chi connectivity index (χ1n) is 9.38. The fourth-order valence-electron chi connectivity index (χ4n) is 4.37. The maximum absolute atomic E-state index is 11.9. The molecule has 3 saturated carbocycles. The van der Waals surface area contributed by atoms with Crippen LogP contribution in [0.5, 0.6) is 0 Å². The Morgan fingerprint density at radius 3 is 1.96 bits per heavy atom. The average molecular weight is 369 g/mol.